The lowest BCUT2D eigenvalue weighted by Crippen LogP contribution is -2.10. The van der Waals surface area contributed by atoms with Gasteiger partial charge in [0.25, 0.3) is 5.69 Å². The van der Waals surface area contributed by atoms with Gasteiger partial charge in [-0.3, -0.25) is 15.1 Å². The first kappa shape index (κ1) is 14.0. The molecule has 0 fully saturated rings. The van der Waals surface area contributed by atoms with Gasteiger partial charge in [0, 0.05) is 18.2 Å². The van der Waals surface area contributed by atoms with Gasteiger partial charge in [0.05, 0.1) is 16.8 Å². The largest absolute Gasteiger partial charge is 0.456 e. The first-order valence-electron chi connectivity index (χ1n) is 6.24. The highest BCUT2D eigenvalue weighted by Gasteiger charge is 2.07. The highest BCUT2D eigenvalue weighted by molar-refractivity contribution is 5.38. The number of ether oxygens (including phenoxy) is 1. The second-order valence-corrected chi connectivity index (χ2v) is 4.29. The van der Waals surface area contributed by atoms with E-state index >= 15 is 0 Å². The van der Waals surface area contributed by atoms with Crippen molar-refractivity contribution >= 4 is 5.69 Å². The van der Waals surface area contributed by atoms with Crippen molar-refractivity contribution in [3.05, 3.63) is 58.4 Å². The van der Waals surface area contributed by atoms with E-state index in [1.807, 2.05) is 13.0 Å². The minimum absolute atomic E-state index is 0.0275. The summed E-state index contributed by atoms with van der Waals surface area (Å²) in [6.07, 6.45) is 2.40. The number of aromatic nitrogens is 1. The summed E-state index contributed by atoms with van der Waals surface area (Å²) in [4.78, 5) is 14.3. The summed E-state index contributed by atoms with van der Waals surface area (Å²) >= 11 is 0. The highest BCUT2D eigenvalue weighted by atomic mass is 16.6. The number of pyridine rings is 1. The first-order chi connectivity index (χ1) is 9.60. The average Bonchev–Trinajstić information content (AvgIpc) is 2.48. The Morgan fingerprint density at radius 2 is 1.90 bits per heavy atom. The molecule has 0 radical (unpaired) electrons. The monoisotopic (exact) mass is 273 g/mol. The molecule has 1 unspecified atom stereocenters. The standard InChI is InChI=1S/C14H15N3O3/c1-2-13(15)14-8-7-12(9-16-14)20-11-5-3-10(4-6-11)17(18)19/h3-9,13H,2,15H2,1H3. The molecule has 2 aromatic rings. The van der Waals surface area contributed by atoms with Crippen LogP contribution in [0.1, 0.15) is 25.1 Å². The molecule has 0 aliphatic carbocycles. The Balaban J connectivity index is 2.08. The van der Waals surface area contributed by atoms with Crippen LogP contribution in [0.4, 0.5) is 5.69 Å². The van der Waals surface area contributed by atoms with Crippen LogP contribution in [-0.2, 0) is 0 Å². The third-order valence-electron chi connectivity index (χ3n) is 2.86. The smallest absolute Gasteiger partial charge is 0.269 e. The number of non-ortho nitro benzene ring substituents is 1. The number of hydrogen-bond acceptors (Lipinski definition) is 5. The fraction of sp³-hybridized carbons (Fsp3) is 0.214. The average molecular weight is 273 g/mol. The second-order valence-electron chi connectivity index (χ2n) is 4.29. The van der Waals surface area contributed by atoms with Gasteiger partial charge in [-0.25, -0.2) is 0 Å². The molecule has 0 spiro atoms. The van der Waals surface area contributed by atoms with Gasteiger partial charge in [0.15, 0.2) is 0 Å². The Kier molecular flexibility index (Phi) is 4.27. The maximum atomic E-state index is 10.5. The minimum atomic E-state index is -0.452. The van der Waals surface area contributed by atoms with Crippen molar-refractivity contribution in [2.45, 2.75) is 19.4 Å². The molecule has 0 bridgehead atoms. The van der Waals surface area contributed by atoms with E-state index in [1.165, 1.54) is 12.1 Å². The molecule has 2 rings (SSSR count). The Bertz CT molecular complexity index is 582. The van der Waals surface area contributed by atoms with Gasteiger partial charge in [0.1, 0.15) is 11.5 Å². The molecule has 104 valence electrons. The van der Waals surface area contributed by atoms with Crippen molar-refractivity contribution in [2.24, 2.45) is 5.73 Å². The van der Waals surface area contributed by atoms with Crippen LogP contribution >= 0.6 is 0 Å². The number of nitrogens with zero attached hydrogens (tertiary/aromatic N) is 2. The van der Waals surface area contributed by atoms with Crippen LogP contribution in [0, 0.1) is 10.1 Å². The zero-order valence-corrected chi connectivity index (χ0v) is 11.0. The Morgan fingerprint density at radius 3 is 2.40 bits per heavy atom. The predicted octanol–water partition coefficient (Wildman–Crippen LogP) is 3.19. The van der Waals surface area contributed by atoms with E-state index < -0.39 is 4.92 Å². The first-order valence-corrected chi connectivity index (χ1v) is 6.24. The lowest BCUT2D eigenvalue weighted by molar-refractivity contribution is -0.384. The fourth-order valence-corrected chi connectivity index (χ4v) is 1.65. The fourth-order valence-electron chi connectivity index (χ4n) is 1.65. The van der Waals surface area contributed by atoms with Crippen LogP contribution in [-0.4, -0.2) is 9.91 Å². The Hall–Kier alpha value is -2.47. The Morgan fingerprint density at radius 1 is 1.25 bits per heavy atom. The molecule has 0 saturated heterocycles. The van der Waals surface area contributed by atoms with Gasteiger partial charge in [-0.2, -0.15) is 0 Å². The number of nitrogens with two attached hydrogens (primary N) is 1. The molecular weight excluding hydrogens is 258 g/mol. The zero-order valence-electron chi connectivity index (χ0n) is 11.0. The number of rotatable bonds is 5. The van der Waals surface area contributed by atoms with Crippen molar-refractivity contribution in [3.8, 4) is 11.5 Å². The van der Waals surface area contributed by atoms with E-state index in [-0.39, 0.29) is 11.7 Å². The van der Waals surface area contributed by atoms with Gasteiger partial charge in [-0.15, -0.1) is 0 Å². The van der Waals surface area contributed by atoms with E-state index in [0.717, 1.165) is 12.1 Å². The lowest BCUT2D eigenvalue weighted by atomic mass is 10.1. The molecule has 6 nitrogen and oxygen atoms in total. The summed E-state index contributed by atoms with van der Waals surface area (Å²) in [6.45, 7) is 1.99. The molecule has 1 atom stereocenters. The third-order valence-corrected chi connectivity index (χ3v) is 2.86. The molecule has 0 amide bonds. The predicted molar refractivity (Wildman–Crippen MR) is 74.6 cm³/mol. The van der Waals surface area contributed by atoms with Crippen LogP contribution < -0.4 is 10.5 Å². The van der Waals surface area contributed by atoms with Crippen molar-refractivity contribution in [1.82, 2.24) is 4.98 Å². The van der Waals surface area contributed by atoms with Crippen LogP contribution in [0.25, 0.3) is 0 Å². The summed E-state index contributed by atoms with van der Waals surface area (Å²) in [5.74, 6) is 1.08. The van der Waals surface area contributed by atoms with Gasteiger partial charge in [-0.1, -0.05) is 6.92 Å². The molecule has 2 N–H and O–H groups in total. The van der Waals surface area contributed by atoms with Crippen LogP contribution in [0.5, 0.6) is 11.5 Å². The van der Waals surface area contributed by atoms with Gasteiger partial charge in [0.2, 0.25) is 0 Å². The quantitative estimate of drug-likeness (QED) is 0.667. The summed E-state index contributed by atoms with van der Waals surface area (Å²) < 4.78 is 5.56. The van der Waals surface area contributed by atoms with E-state index in [0.29, 0.717) is 11.5 Å². The molecule has 1 heterocycles. The van der Waals surface area contributed by atoms with Crippen molar-refractivity contribution in [2.75, 3.05) is 0 Å². The van der Waals surface area contributed by atoms with E-state index in [4.69, 9.17) is 10.5 Å². The van der Waals surface area contributed by atoms with Gasteiger partial charge >= 0.3 is 0 Å². The normalized spacial score (nSPS) is 11.9. The number of benzene rings is 1. The number of nitro groups is 1. The van der Waals surface area contributed by atoms with Crippen molar-refractivity contribution in [1.29, 1.82) is 0 Å². The molecule has 0 aliphatic rings. The lowest BCUT2D eigenvalue weighted by Gasteiger charge is -2.09. The summed E-state index contributed by atoms with van der Waals surface area (Å²) in [5.41, 5.74) is 6.71. The molecule has 1 aromatic heterocycles. The van der Waals surface area contributed by atoms with Crippen LogP contribution in [0.2, 0.25) is 0 Å². The maximum absolute atomic E-state index is 10.5. The van der Waals surface area contributed by atoms with Gasteiger partial charge in [-0.05, 0) is 30.7 Å². The molecule has 1 aromatic carbocycles. The summed E-state index contributed by atoms with van der Waals surface area (Å²) in [6, 6.07) is 9.39. The topological polar surface area (TPSA) is 91.3 Å². The van der Waals surface area contributed by atoms with E-state index in [9.17, 15) is 10.1 Å². The number of hydrogen-bond donors (Lipinski definition) is 1. The highest BCUT2D eigenvalue weighted by Crippen LogP contribution is 2.24. The van der Waals surface area contributed by atoms with Crippen LogP contribution in [0.3, 0.4) is 0 Å². The van der Waals surface area contributed by atoms with E-state index in [1.54, 1.807) is 24.4 Å². The van der Waals surface area contributed by atoms with Crippen LogP contribution in [0.15, 0.2) is 42.6 Å². The SMILES string of the molecule is CCC(N)c1ccc(Oc2ccc([N+](=O)[O-])cc2)cn1. The summed E-state index contributed by atoms with van der Waals surface area (Å²) in [7, 11) is 0. The Labute approximate surface area is 116 Å². The molecule has 0 aliphatic heterocycles. The maximum Gasteiger partial charge on any atom is 0.269 e. The third kappa shape index (κ3) is 3.30. The minimum Gasteiger partial charge on any atom is -0.456 e. The molecular formula is C14H15N3O3. The molecule has 0 saturated carbocycles. The van der Waals surface area contributed by atoms with Gasteiger partial charge < -0.3 is 10.5 Å². The second kappa shape index (κ2) is 6.12. The zero-order chi connectivity index (χ0) is 14.5. The van der Waals surface area contributed by atoms with E-state index in [2.05, 4.69) is 4.98 Å². The number of nitro benzene ring substituents is 1. The van der Waals surface area contributed by atoms with Crippen molar-refractivity contribution < 1.29 is 9.66 Å². The van der Waals surface area contributed by atoms with Crippen molar-refractivity contribution in [3.63, 3.8) is 0 Å². The molecule has 20 heavy (non-hydrogen) atoms. The molecule has 6 heteroatoms. The summed E-state index contributed by atoms with van der Waals surface area (Å²) in [5, 5.41) is 10.5.